The third kappa shape index (κ3) is 3.80. The molecule has 1 aliphatic carbocycles. The van der Waals surface area contributed by atoms with Gasteiger partial charge in [0.25, 0.3) is 0 Å². The van der Waals surface area contributed by atoms with E-state index in [9.17, 15) is 14.4 Å². The fourth-order valence-electron chi connectivity index (χ4n) is 4.72. The largest absolute Gasteiger partial charge is 0.353 e. The van der Waals surface area contributed by atoms with Crippen LogP contribution in [0.25, 0.3) is 0 Å². The van der Waals surface area contributed by atoms with Gasteiger partial charge in [-0.05, 0) is 37.8 Å². The van der Waals surface area contributed by atoms with Gasteiger partial charge in [0.05, 0.1) is 11.8 Å². The SMILES string of the molecule is C[C@H](C(=O)NCC(C)(c1ccccc1)c1ccccc1)N1C(=O)[C@H]2CC=CC[C@@H]2C1=O. The van der Waals surface area contributed by atoms with Crippen LogP contribution in [-0.4, -0.2) is 35.2 Å². The fraction of sp³-hybridized carbons (Fsp3) is 0.346. The standard InChI is InChI=1S/C26H28N2O3/c1-18(28-24(30)21-15-9-10-16-22(21)25(28)31)23(29)27-17-26(2,19-11-5-3-6-12-19)20-13-7-4-8-14-20/h3-14,18,21-22H,15-17H2,1-2H3,(H,27,29)/t18-,21+,22+/m1/s1. The fourth-order valence-corrected chi connectivity index (χ4v) is 4.72. The van der Waals surface area contributed by atoms with Crippen molar-refractivity contribution in [1.29, 1.82) is 0 Å². The van der Waals surface area contributed by atoms with Gasteiger partial charge in [-0.3, -0.25) is 19.3 Å². The summed E-state index contributed by atoms with van der Waals surface area (Å²) in [7, 11) is 0. The lowest BCUT2D eigenvalue weighted by atomic mass is 9.76. The first kappa shape index (κ1) is 21.0. The van der Waals surface area contributed by atoms with E-state index in [0.717, 1.165) is 11.1 Å². The van der Waals surface area contributed by atoms with Crippen LogP contribution in [0.4, 0.5) is 0 Å². The number of imide groups is 1. The van der Waals surface area contributed by atoms with Gasteiger partial charge in [0.1, 0.15) is 6.04 Å². The lowest BCUT2D eigenvalue weighted by molar-refractivity contribution is -0.147. The number of hydrogen-bond acceptors (Lipinski definition) is 3. The summed E-state index contributed by atoms with van der Waals surface area (Å²) >= 11 is 0. The number of nitrogens with zero attached hydrogens (tertiary/aromatic N) is 1. The molecule has 1 aliphatic heterocycles. The zero-order chi connectivity index (χ0) is 22.0. The third-order valence-corrected chi connectivity index (χ3v) is 6.75. The first-order chi connectivity index (χ1) is 14.9. The van der Waals surface area contributed by atoms with Gasteiger partial charge in [0.2, 0.25) is 17.7 Å². The topological polar surface area (TPSA) is 66.5 Å². The molecule has 5 nitrogen and oxygen atoms in total. The molecule has 1 fully saturated rings. The second-order valence-electron chi connectivity index (χ2n) is 8.66. The predicted molar refractivity (Wildman–Crippen MR) is 119 cm³/mol. The van der Waals surface area contributed by atoms with E-state index in [4.69, 9.17) is 0 Å². The van der Waals surface area contributed by atoms with Crippen molar-refractivity contribution >= 4 is 17.7 Å². The Bertz CT molecular complexity index is 934. The highest BCUT2D eigenvalue weighted by Crippen LogP contribution is 2.36. The Hall–Kier alpha value is -3.21. The van der Waals surface area contributed by atoms with Gasteiger partial charge in [-0.25, -0.2) is 0 Å². The maximum absolute atomic E-state index is 13.1. The summed E-state index contributed by atoms with van der Waals surface area (Å²) in [5.74, 6) is -1.42. The highest BCUT2D eigenvalue weighted by Gasteiger charge is 2.50. The molecule has 3 atom stereocenters. The second-order valence-corrected chi connectivity index (χ2v) is 8.66. The van der Waals surface area contributed by atoms with Crippen LogP contribution in [0.2, 0.25) is 0 Å². The van der Waals surface area contributed by atoms with Gasteiger partial charge in [-0.1, -0.05) is 72.8 Å². The van der Waals surface area contributed by atoms with Crippen molar-refractivity contribution in [3.8, 4) is 0 Å². The van der Waals surface area contributed by atoms with Crippen LogP contribution in [0.3, 0.4) is 0 Å². The highest BCUT2D eigenvalue weighted by atomic mass is 16.2. The monoisotopic (exact) mass is 416 g/mol. The molecular formula is C26H28N2O3. The minimum Gasteiger partial charge on any atom is -0.353 e. The number of allylic oxidation sites excluding steroid dienone is 2. The first-order valence-electron chi connectivity index (χ1n) is 10.8. The van der Waals surface area contributed by atoms with E-state index >= 15 is 0 Å². The van der Waals surface area contributed by atoms with E-state index in [0.29, 0.717) is 19.4 Å². The molecule has 1 heterocycles. The Morgan fingerprint density at radius 3 is 1.84 bits per heavy atom. The number of fused-ring (bicyclic) bond motifs is 1. The van der Waals surface area contributed by atoms with Gasteiger partial charge < -0.3 is 5.32 Å². The molecule has 3 amide bonds. The molecule has 0 aromatic heterocycles. The molecule has 1 saturated heterocycles. The molecular weight excluding hydrogens is 388 g/mol. The van der Waals surface area contributed by atoms with Crippen LogP contribution in [0, 0.1) is 11.8 Å². The summed E-state index contributed by atoms with van der Waals surface area (Å²) < 4.78 is 0. The molecule has 1 N–H and O–H groups in total. The number of nitrogens with one attached hydrogen (secondary N) is 1. The van der Waals surface area contributed by atoms with E-state index in [1.165, 1.54) is 4.90 Å². The van der Waals surface area contributed by atoms with Crippen molar-refractivity contribution < 1.29 is 14.4 Å². The van der Waals surface area contributed by atoms with Gasteiger partial charge in [-0.2, -0.15) is 0 Å². The van der Waals surface area contributed by atoms with Crippen LogP contribution in [-0.2, 0) is 19.8 Å². The first-order valence-corrected chi connectivity index (χ1v) is 10.8. The van der Waals surface area contributed by atoms with Crippen molar-refractivity contribution in [3.63, 3.8) is 0 Å². The molecule has 2 aromatic rings. The minimum atomic E-state index is -0.832. The molecule has 4 rings (SSSR count). The zero-order valence-electron chi connectivity index (χ0n) is 18.0. The van der Waals surface area contributed by atoms with Crippen molar-refractivity contribution in [2.75, 3.05) is 6.54 Å². The molecule has 0 saturated carbocycles. The summed E-state index contributed by atoms with van der Waals surface area (Å²) in [5.41, 5.74) is 1.72. The molecule has 0 radical (unpaired) electrons. The van der Waals surface area contributed by atoms with E-state index in [1.54, 1.807) is 6.92 Å². The molecule has 5 heteroatoms. The maximum Gasteiger partial charge on any atom is 0.243 e. The summed E-state index contributed by atoms with van der Waals surface area (Å²) in [5, 5.41) is 3.02. The second kappa shape index (κ2) is 8.50. The molecule has 2 aliphatic rings. The smallest absolute Gasteiger partial charge is 0.243 e. The summed E-state index contributed by atoms with van der Waals surface area (Å²) in [6, 6.07) is 19.2. The Balaban J connectivity index is 1.52. The van der Waals surface area contributed by atoms with Gasteiger partial charge in [-0.15, -0.1) is 0 Å². The molecule has 0 spiro atoms. The van der Waals surface area contributed by atoms with Gasteiger partial charge in [0.15, 0.2) is 0 Å². The number of rotatable bonds is 6. The minimum absolute atomic E-state index is 0.226. The van der Waals surface area contributed by atoms with E-state index < -0.39 is 11.5 Å². The number of hydrogen-bond donors (Lipinski definition) is 1. The Morgan fingerprint density at radius 1 is 0.935 bits per heavy atom. The van der Waals surface area contributed by atoms with Crippen LogP contribution in [0.5, 0.6) is 0 Å². The molecule has 160 valence electrons. The van der Waals surface area contributed by atoms with E-state index in [-0.39, 0.29) is 29.6 Å². The lowest BCUT2D eigenvalue weighted by Crippen LogP contribution is -2.50. The average Bonchev–Trinajstić information content (AvgIpc) is 3.08. The van der Waals surface area contributed by atoms with Crippen LogP contribution in [0.15, 0.2) is 72.8 Å². The van der Waals surface area contributed by atoms with Crippen molar-refractivity contribution in [2.45, 2.75) is 38.1 Å². The third-order valence-electron chi connectivity index (χ3n) is 6.75. The average molecular weight is 417 g/mol. The Labute approximate surface area is 183 Å². The van der Waals surface area contributed by atoms with E-state index in [1.807, 2.05) is 72.8 Å². The lowest BCUT2D eigenvalue weighted by Gasteiger charge is -2.32. The van der Waals surface area contributed by atoms with Gasteiger partial charge in [0, 0.05) is 12.0 Å². The van der Waals surface area contributed by atoms with Crippen molar-refractivity contribution in [2.24, 2.45) is 11.8 Å². The molecule has 0 unspecified atom stereocenters. The van der Waals surface area contributed by atoms with E-state index in [2.05, 4.69) is 12.2 Å². The Kier molecular flexibility index (Phi) is 5.77. The van der Waals surface area contributed by atoms with Crippen LogP contribution in [0.1, 0.15) is 37.8 Å². The normalized spacial score (nSPS) is 21.7. The highest BCUT2D eigenvalue weighted by molar-refractivity contribution is 6.08. The van der Waals surface area contributed by atoms with Crippen LogP contribution < -0.4 is 5.32 Å². The summed E-state index contributed by atoms with van der Waals surface area (Å²) in [6.07, 6.45) is 5.04. The predicted octanol–water partition coefficient (Wildman–Crippen LogP) is 3.45. The number of carbonyl (C=O) groups excluding carboxylic acids is 3. The molecule has 31 heavy (non-hydrogen) atoms. The Morgan fingerprint density at radius 2 is 1.39 bits per heavy atom. The van der Waals surface area contributed by atoms with Crippen molar-refractivity contribution in [3.05, 3.63) is 83.9 Å². The number of amides is 3. The number of carbonyl (C=O) groups is 3. The van der Waals surface area contributed by atoms with Crippen molar-refractivity contribution in [1.82, 2.24) is 10.2 Å². The number of likely N-dealkylation sites (tertiary alicyclic amines) is 1. The molecule has 0 bridgehead atoms. The van der Waals surface area contributed by atoms with Crippen LogP contribution >= 0.6 is 0 Å². The maximum atomic E-state index is 13.1. The summed E-state index contributed by atoms with van der Waals surface area (Å²) in [4.78, 5) is 39.9. The summed E-state index contributed by atoms with van der Waals surface area (Å²) in [6.45, 7) is 4.09. The zero-order valence-corrected chi connectivity index (χ0v) is 18.0. The molecule has 2 aromatic carbocycles. The number of benzene rings is 2. The quantitative estimate of drug-likeness (QED) is 0.579. The van der Waals surface area contributed by atoms with Gasteiger partial charge >= 0.3 is 0 Å².